The Hall–Kier alpha value is -1.11. The van der Waals surface area contributed by atoms with Crippen molar-refractivity contribution < 1.29 is 18.1 Å². The van der Waals surface area contributed by atoms with Gasteiger partial charge in [0.2, 0.25) is 0 Å². The second kappa shape index (κ2) is 6.17. The Morgan fingerprint density at radius 1 is 1.39 bits per heavy atom. The number of hydrogen-bond acceptors (Lipinski definition) is 4. The van der Waals surface area contributed by atoms with Crippen LogP contribution in [0.2, 0.25) is 0 Å². The molecule has 0 aliphatic rings. The normalized spacial score (nSPS) is 13.3. The van der Waals surface area contributed by atoms with Crippen LogP contribution in [0.15, 0.2) is 18.2 Å². The Morgan fingerprint density at radius 2 is 2.06 bits per heavy atom. The molecule has 1 rings (SSSR count). The summed E-state index contributed by atoms with van der Waals surface area (Å²) in [5, 5.41) is 12.2. The zero-order valence-electron chi connectivity index (χ0n) is 10.5. The summed E-state index contributed by atoms with van der Waals surface area (Å²) >= 11 is 0. The van der Waals surface area contributed by atoms with Crippen molar-refractivity contribution in [3.05, 3.63) is 29.3 Å². The van der Waals surface area contributed by atoms with E-state index in [1.807, 2.05) is 32.0 Å². The highest BCUT2D eigenvalue weighted by atomic mass is 32.2. The third kappa shape index (κ3) is 3.97. The lowest BCUT2D eigenvalue weighted by Gasteiger charge is -2.14. The number of aliphatic hydroxyl groups excluding tert-OH is 1. The zero-order valence-corrected chi connectivity index (χ0v) is 11.4. The molecule has 1 unspecified atom stereocenters. The van der Waals surface area contributed by atoms with Crippen molar-refractivity contribution in [3.63, 3.8) is 0 Å². The smallest absolute Gasteiger partial charge is 0.292 e. The predicted octanol–water partition coefficient (Wildman–Crippen LogP) is 1.57. The van der Waals surface area contributed by atoms with Crippen LogP contribution in [0.1, 0.15) is 24.5 Å². The first-order chi connectivity index (χ1) is 8.36. The van der Waals surface area contributed by atoms with Crippen molar-refractivity contribution in [2.75, 3.05) is 11.9 Å². The molecule has 0 aliphatic heterocycles. The van der Waals surface area contributed by atoms with Crippen molar-refractivity contribution in [1.29, 1.82) is 0 Å². The third-order valence-corrected chi connectivity index (χ3v) is 3.74. The van der Waals surface area contributed by atoms with Gasteiger partial charge in [0.1, 0.15) is 0 Å². The number of aliphatic hydroxyl groups is 1. The number of nitrogens with one attached hydrogen (secondary N) is 1. The van der Waals surface area contributed by atoms with Gasteiger partial charge in [0, 0.05) is 18.7 Å². The monoisotopic (exact) mass is 273 g/mol. The second-order valence-electron chi connectivity index (χ2n) is 4.14. The molecule has 0 heterocycles. The molecule has 0 saturated heterocycles. The minimum atomic E-state index is -4.37. The number of aryl methyl sites for hydroxylation is 1. The maximum Gasteiger partial charge on any atom is 0.292 e. The standard InChI is InChI=1S/C12H19NO4S/c1-3-10-9(2)5-4-6-11(10)13-8-7-12(14)18(15,16)17/h4-6,12-14H,3,7-8H2,1-2H3,(H,15,16,17). The largest absolute Gasteiger partial charge is 0.385 e. The van der Waals surface area contributed by atoms with Crippen molar-refractivity contribution in [1.82, 2.24) is 0 Å². The molecule has 102 valence electrons. The minimum Gasteiger partial charge on any atom is -0.385 e. The van der Waals surface area contributed by atoms with E-state index >= 15 is 0 Å². The molecule has 0 amide bonds. The Kier molecular flexibility index (Phi) is 5.13. The highest BCUT2D eigenvalue weighted by Gasteiger charge is 2.18. The molecular formula is C12H19NO4S. The van der Waals surface area contributed by atoms with E-state index < -0.39 is 15.6 Å². The van der Waals surface area contributed by atoms with Gasteiger partial charge in [-0.05, 0) is 30.5 Å². The topological polar surface area (TPSA) is 86.6 Å². The van der Waals surface area contributed by atoms with Crippen LogP contribution in [0.3, 0.4) is 0 Å². The van der Waals surface area contributed by atoms with Crippen LogP contribution in [-0.2, 0) is 16.5 Å². The number of hydrogen-bond donors (Lipinski definition) is 3. The summed E-state index contributed by atoms with van der Waals surface area (Å²) in [6, 6.07) is 5.83. The van der Waals surface area contributed by atoms with Crippen LogP contribution in [0.5, 0.6) is 0 Å². The molecule has 18 heavy (non-hydrogen) atoms. The Labute approximate surface area is 108 Å². The Balaban J connectivity index is 2.62. The Bertz CT molecular complexity index is 499. The first-order valence-corrected chi connectivity index (χ1v) is 7.33. The van der Waals surface area contributed by atoms with Crippen molar-refractivity contribution in [2.45, 2.75) is 32.1 Å². The fourth-order valence-corrected chi connectivity index (χ4v) is 2.23. The van der Waals surface area contributed by atoms with Gasteiger partial charge in [-0.25, -0.2) is 0 Å². The number of anilines is 1. The second-order valence-corrected chi connectivity index (χ2v) is 5.71. The van der Waals surface area contributed by atoms with Gasteiger partial charge in [-0.3, -0.25) is 4.55 Å². The van der Waals surface area contributed by atoms with Gasteiger partial charge in [0.25, 0.3) is 10.1 Å². The highest BCUT2D eigenvalue weighted by Crippen LogP contribution is 2.20. The van der Waals surface area contributed by atoms with E-state index in [0.717, 1.165) is 17.7 Å². The molecule has 0 fully saturated rings. The van der Waals surface area contributed by atoms with Gasteiger partial charge in [0.15, 0.2) is 5.44 Å². The van der Waals surface area contributed by atoms with Gasteiger partial charge in [0.05, 0.1) is 0 Å². The summed E-state index contributed by atoms with van der Waals surface area (Å²) in [7, 11) is -4.37. The molecule has 0 spiro atoms. The van der Waals surface area contributed by atoms with Crippen LogP contribution >= 0.6 is 0 Å². The van der Waals surface area contributed by atoms with Gasteiger partial charge in [-0.15, -0.1) is 0 Å². The van der Waals surface area contributed by atoms with E-state index in [9.17, 15) is 8.42 Å². The summed E-state index contributed by atoms with van der Waals surface area (Å²) in [4.78, 5) is 0. The molecule has 1 aromatic carbocycles. The molecule has 6 heteroatoms. The van der Waals surface area contributed by atoms with Crippen LogP contribution < -0.4 is 5.32 Å². The van der Waals surface area contributed by atoms with E-state index in [1.54, 1.807) is 0 Å². The van der Waals surface area contributed by atoms with E-state index in [0.29, 0.717) is 0 Å². The quantitative estimate of drug-likeness (QED) is 0.685. The van der Waals surface area contributed by atoms with Gasteiger partial charge >= 0.3 is 0 Å². The summed E-state index contributed by atoms with van der Waals surface area (Å²) in [6.45, 7) is 4.33. The van der Waals surface area contributed by atoms with Crippen LogP contribution in [0.25, 0.3) is 0 Å². The summed E-state index contributed by atoms with van der Waals surface area (Å²) in [6.07, 6.45) is 0.811. The molecular weight excluding hydrogens is 254 g/mol. The fourth-order valence-electron chi connectivity index (χ4n) is 1.82. The number of rotatable bonds is 6. The van der Waals surface area contributed by atoms with Crippen molar-refractivity contribution in [3.8, 4) is 0 Å². The highest BCUT2D eigenvalue weighted by molar-refractivity contribution is 7.86. The molecule has 1 aromatic rings. The fraction of sp³-hybridized carbons (Fsp3) is 0.500. The van der Waals surface area contributed by atoms with Crippen LogP contribution in [0.4, 0.5) is 5.69 Å². The minimum absolute atomic E-state index is 0.0596. The molecule has 0 radical (unpaired) electrons. The van der Waals surface area contributed by atoms with E-state index in [-0.39, 0.29) is 13.0 Å². The van der Waals surface area contributed by atoms with Crippen LogP contribution in [0, 0.1) is 6.92 Å². The Morgan fingerprint density at radius 3 is 2.61 bits per heavy atom. The SMILES string of the molecule is CCc1c(C)cccc1NCCC(O)S(=O)(=O)O. The summed E-state index contributed by atoms with van der Waals surface area (Å²) in [5.74, 6) is 0. The van der Waals surface area contributed by atoms with E-state index in [1.165, 1.54) is 5.56 Å². The molecule has 0 saturated carbocycles. The maximum atomic E-state index is 10.6. The molecule has 0 aliphatic carbocycles. The molecule has 0 bridgehead atoms. The van der Waals surface area contributed by atoms with Crippen molar-refractivity contribution >= 4 is 15.8 Å². The average molecular weight is 273 g/mol. The molecule has 1 atom stereocenters. The maximum absolute atomic E-state index is 10.6. The third-order valence-electron chi connectivity index (χ3n) is 2.81. The molecule has 5 nitrogen and oxygen atoms in total. The van der Waals surface area contributed by atoms with E-state index in [4.69, 9.17) is 9.66 Å². The predicted molar refractivity (Wildman–Crippen MR) is 71.2 cm³/mol. The lowest BCUT2D eigenvalue weighted by molar-refractivity contribution is 0.227. The van der Waals surface area contributed by atoms with Gasteiger partial charge in [-0.2, -0.15) is 8.42 Å². The molecule has 0 aromatic heterocycles. The van der Waals surface area contributed by atoms with Crippen LogP contribution in [-0.4, -0.2) is 30.1 Å². The lowest BCUT2D eigenvalue weighted by Crippen LogP contribution is -2.23. The summed E-state index contributed by atoms with van der Waals surface area (Å²) < 4.78 is 29.9. The van der Waals surface area contributed by atoms with E-state index in [2.05, 4.69) is 5.32 Å². The number of benzene rings is 1. The zero-order chi connectivity index (χ0) is 13.8. The lowest BCUT2D eigenvalue weighted by atomic mass is 10.0. The summed E-state index contributed by atoms with van der Waals surface area (Å²) in [5.41, 5.74) is 1.52. The molecule has 3 N–H and O–H groups in total. The first kappa shape index (κ1) is 14.9. The average Bonchev–Trinajstić information content (AvgIpc) is 2.28. The first-order valence-electron chi connectivity index (χ1n) is 5.83. The van der Waals surface area contributed by atoms with Gasteiger partial charge < -0.3 is 10.4 Å². The van der Waals surface area contributed by atoms with Crippen molar-refractivity contribution in [2.24, 2.45) is 0 Å². The van der Waals surface area contributed by atoms with Gasteiger partial charge in [-0.1, -0.05) is 19.1 Å².